The molecule has 6 nitrogen and oxygen atoms in total. The van der Waals surface area contributed by atoms with Crippen molar-refractivity contribution in [3.05, 3.63) is 12.2 Å². The molecule has 0 bridgehead atoms. The molecule has 51 heavy (non-hydrogen) atoms. The van der Waals surface area contributed by atoms with Crippen LogP contribution in [0.5, 0.6) is 0 Å². The molecule has 0 radical (unpaired) electrons. The lowest BCUT2D eigenvalue weighted by Gasteiger charge is -2.22. The van der Waals surface area contributed by atoms with E-state index >= 15 is 0 Å². The molecular formula is C45H87NO5. The molecule has 6 heteroatoms. The Morgan fingerprint density at radius 3 is 1.39 bits per heavy atom. The van der Waals surface area contributed by atoms with Crippen molar-refractivity contribution in [2.24, 2.45) is 0 Å². The summed E-state index contributed by atoms with van der Waals surface area (Å²) in [5, 5.41) is 23.1. The molecule has 1 amide bonds. The lowest BCUT2D eigenvalue weighted by molar-refractivity contribution is -0.143. The number of ether oxygens (including phenoxy) is 1. The van der Waals surface area contributed by atoms with E-state index in [1.807, 2.05) is 0 Å². The first kappa shape index (κ1) is 49.6. The van der Waals surface area contributed by atoms with Crippen LogP contribution >= 0.6 is 0 Å². The summed E-state index contributed by atoms with van der Waals surface area (Å²) in [5.41, 5.74) is 0. The molecule has 0 aromatic carbocycles. The van der Waals surface area contributed by atoms with Crippen LogP contribution in [-0.2, 0) is 14.3 Å². The number of hydrogen-bond acceptors (Lipinski definition) is 5. The predicted molar refractivity (Wildman–Crippen MR) is 218 cm³/mol. The first-order valence-corrected chi connectivity index (χ1v) is 22.4. The average molecular weight is 722 g/mol. The Balaban J connectivity index is 3.53. The van der Waals surface area contributed by atoms with E-state index in [-0.39, 0.29) is 18.5 Å². The lowest BCUT2D eigenvalue weighted by atomic mass is 10.0. The van der Waals surface area contributed by atoms with Crippen molar-refractivity contribution in [2.45, 2.75) is 251 Å². The van der Waals surface area contributed by atoms with Crippen molar-refractivity contribution in [1.29, 1.82) is 0 Å². The number of carbonyl (C=O) groups is 2. The van der Waals surface area contributed by atoms with E-state index in [0.29, 0.717) is 25.9 Å². The number of allylic oxidation sites excluding steroid dienone is 2. The van der Waals surface area contributed by atoms with E-state index in [1.54, 1.807) is 0 Å². The molecule has 0 aliphatic heterocycles. The fourth-order valence-electron chi connectivity index (χ4n) is 6.81. The Labute approximate surface area is 317 Å². The van der Waals surface area contributed by atoms with Gasteiger partial charge in [-0.25, -0.2) is 0 Å². The van der Waals surface area contributed by atoms with Crippen LogP contribution in [0.3, 0.4) is 0 Å². The molecule has 0 heterocycles. The number of aliphatic hydroxyl groups excluding tert-OH is 2. The zero-order chi connectivity index (χ0) is 37.3. The summed E-state index contributed by atoms with van der Waals surface area (Å²) in [7, 11) is 0. The molecule has 2 unspecified atom stereocenters. The minimum atomic E-state index is -0.679. The van der Waals surface area contributed by atoms with Crippen LogP contribution in [0.4, 0.5) is 0 Å². The van der Waals surface area contributed by atoms with E-state index < -0.39 is 12.1 Å². The topological polar surface area (TPSA) is 95.9 Å². The molecule has 0 aliphatic carbocycles. The van der Waals surface area contributed by atoms with Gasteiger partial charge in [0, 0.05) is 12.8 Å². The van der Waals surface area contributed by atoms with Crippen LogP contribution < -0.4 is 5.32 Å². The fourth-order valence-corrected chi connectivity index (χ4v) is 6.81. The number of esters is 1. The van der Waals surface area contributed by atoms with E-state index in [2.05, 4.69) is 31.3 Å². The van der Waals surface area contributed by atoms with Gasteiger partial charge in [-0.3, -0.25) is 9.59 Å². The summed E-state index contributed by atoms with van der Waals surface area (Å²) in [6.45, 7) is 4.85. The summed E-state index contributed by atoms with van der Waals surface area (Å²) < 4.78 is 5.41. The van der Waals surface area contributed by atoms with Gasteiger partial charge in [0.15, 0.2) is 0 Å². The molecule has 0 aromatic heterocycles. The first-order valence-electron chi connectivity index (χ1n) is 22.4. The second kappa shape index (κ2) is 41.4. The highest BCUT2D eigenvalue weighted by molar-refractivity contribution is 5.76. The normalized spacial score (nSPS) is 12.8. The van der Waals surface area contributed by atoms with Gasteiger partial charge in [0.05, 0.1) is 25.4 Å². The Kier molecular flexibility index (Phi) is 40.2. The third kappa shape index (κ3) is 38.1. The molecule has 0 rings (SSSR count). The molecule has 0 aromatic rings. The Bertz CT molecular complexity index is 757. The number of aliphatic hydroxyl groups is 2. The van der Waals surface area contributed by atoms with E-state index in [4.69, 9.17) is 4.74 Å². The van der Waals surface area contributed by atoms with E-state index in [0.717, 1.165) is 83.5 Å². The van der Waals surface area contributed by atoms with Crippen molar-refractivity contribution < 1.29 is 24.5 Å². The monoisotopic (exact) mass is 722 g/mol. The SMILES string of the molecule is CCCCCCCCCCCCCCC(O)C(CO)NC(=O)CCCCCCC/C=C\CCCCOC(=O)CCCCCCCCCCCCC. The Morgan fingerprint density at radius 1 is 0.529 bits per heavy atom. The first-order chi connectivity index (χ1) is 25.0. The van der Waals surface area contributed by atoms with E-state index in [1.165, 1.54) is 122 Å². The van der Waals surface area contributed by atoms with Crippen molar-refractivity contribution in [3.8, 4) is 0 Å². The van der Waals surface area contributed by atoms with Crippen LogP contribution in [0.15, 0.2) is 12.2 Å². The summed E-state index contributed by atoms with van der Waals surface area (Å²) in [4.78, 5) is 24.3. The minimum Gasteiger partial charge on any atom is -0.466 e. The molecule has 0 saturated carbocycles. The van der Waals surface area contributed by atoms with Crippen LogP contribution in [0.1, 0.15) is 239 Å². The number of rotatable bonds is 41. The maximum Gasteiger partial charge on any atom is 0.305 e. The molecule has 0 saturated heterocycles. The maximum absolute atomic E-state index is 12.4. The van der Waals surface area contributed by atoms with Crippen LogP contribution in [0, 0.1) is 0 Å². The van der Waals surface area contributed by atoms with Crippen LogP contribution in [0.25, 0.3) is 0 Å². The molecule has 0 aliphatic rings. The van der Waals surface area contributed by atoms with Gasteiger partial charge in [-0.1, -0.05) is 187 Å². The lowest BCUT2D eigenvalue weighted by Crippen LogP contribution is -2.45. The number of hydrogen-bond donors (Lipinski definition) is 3. The maximum atomic E-state index is 12.4. The second-order valence-corrected chi connectivity index (χ2v) is 15.4. The summed E-state index contributed by atoms with van der Waals surface area (Å²) in [6.07, 6.45) is 44.5. The summed E-state index contributed by atoms with van der Waals surface area (Å²) in [6, 6.07) is -0.559. The summed E-state index contributed by atoms with van der Waals surface area (Å²) >= 11 is 0. The van der Waals surface area contributed by atoms with Crippen LogP contribution in [0.2, 0.25) is 0 Å². The predicted octanol–water partition coefficient (Wildman–Crippen LogP) is 12.6. The van der Waals surface area contributed by atoms with Crippen molar-refractivity contribution >= 4 is 11.9 Å². The van der Waals surface area contributed by atoms with Gasteiger partial charge in [0.25, 0.3) is 0 Å². The van der Waals surface area contributed by atoms with Gasteiger partial charge < -0.3 is 20.3 Å². The van der Waals surface area contributed by atoms with Gasteiger partial charge in [-0.05, 0) is 51.4 Å². The number of carbonyl (C=O) groups excluding carboxylic acids is 2. The number of unbranched alkanes of at least 4 members (excludes halogenated alkanes) is 28. The molecule has 2 atom stereocenters. The zero-order valence-corrected chi connectivity index (χ0v) is 34.1. The van der Waals surface area contributed by atoms with Gasteiger partial charge in [0.1, 0.15) is 0 Å². The largest absolute Gasteiger partial charge is 0.466 e. The smallest absolute Gasteiger partial charge is 0.305 e. The third-order valence-corrected chi connectivity index (χ3v) is 10.3. The van der Waals surface area contributed by atoms with Crippen LogP contribution in [-0.4, -0.2) is 47.4 Å². The number of nitrogens with one attached hydrogen (secondary N) is 1. The highest BCUT2D eigenvalue weighted by Gasteiger charge is 2.20. The van der Waals surface area contributed by atoms with Crippen molar-refractivity contribution in [1.82, 2.24) is 5.32 Å². The number of amides is 1. The molecule has 302 valence electrons. The standard InChI is InChI=1S/C45H87NO5/c1-3-5-7-9-11-13-15-18-21-25-29-33-37-43(48)42(41-47)46-44(49)38-34-30-26-22-19-16-20-24-28-32-36-40-51-45(50)39-35-31-27-23-17-14-12-10-8-6-4-2/h20,24,42-43,47-48H,3-19,21-23,25-41H2,1-2H3,(H,46,49)/b24-20-. The van der Waals surface area contributed by atoms with Crippen molar-refractivity contribution in [3.63, 3.8) is 0 Å². The van der Waals surface area contributed by atoms with E-state index in [9.17, 15) is 19.8 Å². The zero-order valence-electron chi connectivity index (χ0n) is 34.1. The third-order valence-electron chi connectivity index (χ3n) is 10.3. The van der Waals surface area contributed by atoms with Crippen molar-refractivity contribution in [2.75, 3.05) is 13.2 Å². The minimum absolute atomic E-state index is 0.0320. The van der Waals surface area contributed by atoms with Gasteiger partial charge >= 0.3 is 5.97 Å². The average Bonchev–Trinajstić information content (AvgIpc) is 3.13. The molecule has 0 spiro atoms. The molecular weight excluding hydrogens is 634 g/mol. The Morgan fingerprint density at radius 2 is 0.922 bits per heavy atom. The highest BCUT2D eigenvalue weighted by atomic mass is 16.5. The van der Waals surface area contributed by atoms with Gasteiger partial charge in [-0.2, -0.15) is 0 Å². The van der Waals surface area contributed by atoms with Gasteiger partial charge in [0.2, 0.25) is 5.91 Å². The quantitative estimate of drug-likeness (QED) is 0.0332. The van der Waals surface area contributed by atoms with Gasteiger partial charge in [-0.15, -0.1) is 0 Å². The molecule has 0 fully saturated rings. The summed E-state index contributed by atoms with van der Waals surface area (Å²) in [5.74, 6) is -0.0969. The molecule has 3 N–H and O–H groups in total. The Hall–Kier alpha value is -1.40. The fraction of sp³-hybridized carbons (Fsp3) is 0.911. The highest BCUT2D eigenvalue weighted by Crippen LogP contribution is 2.15. The second-order valence-electron chi connectivity index (χ2n) is 15.4.